The van der Waals surface area contributed by atoms with Gasteiger partial charge in [-0.1, -0.05) is 6.92 Å². The molecule has 0 aromatic carbocycles. The van der Waals surface area contributed by atoms with Gasteiger partial charge in [-0.05, 0) is 26.2 Å². The number of aromatic nitrogens is 4. The molecular weight excluding hydrogens is 429 g/mol. The highest BCUT2D eigenvalue weighted by atomic mass is 35.5. The maximum absolute atomic E-state index is 8.01. The molecule has 27 heavy (non-hydrogen) atoms. The van der Waals surface area contributed by atoms with E-state index in [0.29, 0.717) is 12.0 Å². The second kappa shape index (κ2) is 15.9. The van der Waals surface area contributed by atoms with Gasteiger partial charge in [-0.25, -0.2) is 9.97 Å². The molecule has 0 unspecified atom stereocenters. The summed E-state index contributed by atoms with van der Waals surface area (Å²) in [5.41, 5.74) is 3.31. The first-order valence-electron chi connectivity index (χ1n) is 8.32. The van der Waals surface area contributed by atoms with Crippen LogP contribution in [-0.2, 0) is 12.2 Å². The molecule has 1 atom stereocenters. The van der Waals surface area contributed by atoms with E-state index in [1.807, 2.05) is 24.9 Å². The predicted molar refractivity (Wildman–Crippen MR) is 121 cm³/mol. The number of rotatable bonds is 10. The van der Waals surface area contributed by atoms with Crippen LogP contribution in [0.4, 0.5) is 0 Å². The number of guanidine groups is 1. The highest BCUT2D eigenvalue weighted by molar-refractivity contribution is 7.98. The third-order valence-corrected chi connectivity index (χ3v) is 4.92. The molecule has 5 N–H and O–H groups in total. The smallest absolute Gasteiger partial charge is 0.188 e. The van der Waals surface area contributed by atoms with Crippen LogP contribution in [0.3, 0.4) is 0 Å². The van der Waals surface area contributed by atoms with Gasteiger partial charge in [0.25, 0.3) is 0 Å². The van der Waals surface area contributed by atoms with Crippen molar-refractivity contribution in [3.8, 4) is 0 Å². The monoisotopic (exact) mass is 457 g/mol. The lowest BCUT2D eigenvalue weighted by Gasteiger charge is -2.19. The zero-order valence-electron chi connectivity index (χ0n) is 15.6. The number of imidazole rings is 2. The Kier molecular flexibility index (Phi) is 16.6. The van der Waals surface area contributed by atoms with Crippen LogP contribution in [0.2, 0.25) is 0 Å². The maximum Gasteiger partial charge on any atom is 0.188 e. The minimum absolute atomic E-state index is 0. The first-order chi connectivity index (χ1) is 11.7. The lowest BCUT2D eigenvalue weighted by molar-refractivity contribution is 0.625. The Bertz CT molecular complexity index is 607. The minimum Gasteiger partial charge on any atom is -0.357 e. The van der Waals surface area contributed by atoms with Gasteiger partial charge in [-0.2, -0.15) is 11.8 Å². The van der Waals surface area contributed by atoms with E-state index in [2.05, 4.69) is 37.5 Å². The van der Waals surface area contributed by atoms with Crippen molar-refractivity contribution in [3.05, 3.63) is 35.9 Å². The predicted octanol–water partition coefficient (Wildman–Crippen LogP) is 3.47. The Morgan fingerprint density at radius 3 is 2.63 bits per heavy atom. The molecule has 0 amide bonds. The molecule has 0 spiro atoms. The topological polar surface area (TPSA) is 105 Å². The summed E-state index contributed by atoms with van der Waals surface area (Å²) in [7, 11) is 0. The Balaban J connectivity index is 0. The molecule has 0 radical (unpaired) electrons. The van der Waals surface area contributed by atoms with Gasteiger partial charge in [0.1, 0.15) is 0 Å². The van der Waals surface area contributed by atoms with Crippen LogP contribution in [0.25, 0.3) is 0 Å². The standard InChI is InChI=1S/C16H27N7S.3ClH/c1-3-13(8-24-9-15-12(2)20-11-22-15)23-16(17)19-6-4-5-14-7-18-10-21-14;;;/h7,10-11,13H,3-6,8-9H2,1-2H3,(H,18,21)(H,20,22)(H3,17,19,23);3*1H/t13-;;;/m1.../s1. The number of hydrogen-bond acceptors (Lipinski definition) is 4. The molecule has 11 heteroatoms. The summed E-state index contributed by atoms with van der Waals surface area (Å²) in [4.78, 5) is 14.6. The van der Waals surface area contributed by atoms with Crippen molar-refractivity contribution in [2.24, 2.45) is 0 Å². The Hall–Kier alpha value is -1.09. The molecule has 0 aliphatic carbocycles. The van der Waals surface area contributed by atoms with Crippen LogP contribution in [-0.4, -0.2) is 44.2 Å². The second-order valence-electron chi connectivity index (χ2n) is 5.70. The van der Waals surface area contributed by atoms with Crippen molar-refractivity contribution in [2.45, 2.75) is 44.9 Å². The van der Waals surface area contributed by atoms with Gasteiger partial charge in [0.15, 0.2) is 5.96 Å². The summed E-state index contributed by atoms with van der Waals surface area (Å²) < 4.78 is 0. The Morgan fingerprint density at radius 2 is 2.04 bits per heavy atom. The fourth-order valence-electron chi connectivity index (χ4n) is 2.26. The highest BCUT2D eigenvalue weighted by Gasteiger charge is 2.09. The van der Waals surface area contributed by atoms with E-state index in [-0.39, 0.29) is 37.2 Å². The fraction of sp³-hybridized carbons (Fsp3) is 0.562. The average Bonchev–Trinajstić information content (AvgIpc) is 3.23. The van der Waals surface area contributed by atoms with Crippen molar-refractivity contribution in [1.29, 1.82) is 5.41 Å². The third kappa shape index (κ3) is 10.7. The van der Waals surface area contributed by atoms with Crippen LogP contribution >= 0.6 is 49.0 Å². The summed E-state index contributed by atoms with van der Waals surface area (Å²) in [6.07, 6.45) is 8.21. The van der Waals surface area contributed by atoms with Crippen molar-refractivity contribution in [1.82, 2.24) is 30.6 Å². The average molecular weight is 459 g/mol. The number of aromatic amines is 2. The van der Waals surface area contributed by atoms with E-state index in [1.165, 1.54) is 0 Å². The molecule has 7 nitrogen and oxygen atoms in total. The van der Waals surface area contributed by atoms with Gasteiger partial charge in [-0.15, -0.1) is 37.2 Å². The largest absolute Gasteiger partial charge is 0.357 e. The van der Waals surface area contributed by atoms with Crippen molar-refractivity contribution >= 4 is 54.9 Å². The summed E-state index contributed by atoms with van der Waals surface area (Å²) in [5, 5.41) is 14.4. The van der Waals surface area contributed by atoms with E-state index in [9.17, 15) is 0 Å². The zero-order chi connectivity index (χ0) is 17.2. The summed E-state index contributed by atoms with van der Waals surface area (Å²) in [6, 6.07) is 0.292. The van der Waals surface area contributed by atoms with Crippen LogP contribution in [0.1, 0.15) is 36.8 Å². The van der Waals surface area contributed by atoms with Gasteiger partial charge in [-0.3, -0.25) is 5.41 Å². The molecule has 2 rings (SSSR count). The minimum atomic E-state index is 0. The Morgan fingerprint density at radius 1 is 1.26 bits per heavy atom. The third-order valence-electron chi connectivity index (χ3n) is 3.80. The van der Waals surface area contributed by atoms with Gasteiger partial charge < -0.3 is 20.6 Å². The van der Waals surface area contributed by atoms with Crippen LogP contribution in [0.15, 0.2) is 18.9 Å². The fourth-order valence-corrected chi connectivity index (χ4v) is 3.46. The molecule has 0 aliphatic rings. The highest BCUT2D eigenvalue weighted by Crippen LogP contribution is 2.14. The van der Waals surface area contributed by atoms with Gasteiger partial charge in [0, 0.05) is 36.0 Å². The molecule has 156 valence electrons. The van der Waals surface area contributed by atoms with Gasteiger partial charge in [0.2, 0.25) is 0 Å². The quantitative estimate of drug-likeness (QED) is 0.213. The van der Waals surface area contributed by atoms with Crippen molar-refractivity contribution in [2.75, 3.05) is 12.3 Å². The number of nitrogens with zero attached hydrogens (tertiary/aromatic N) is 2. The van der Waals surface area contributed by atoms with Crippen LogP contribution in [0.5, 0.6) is 0 Å². The maximum atomic E-state index is 8.01. The second-order valence-corrected chi connectivity index (χ2v) is 6.73. The molecule has 2 aromatic rings. The van der Waals surface area contributed by atoms with Crippen LogP contribution in [0, 0.1) is 12.3 Å². The van der Waals surface area contributed by atoms with Crippen molar-refractivity contribution < 1.29 is 0 Å². The lowest BCUT2D eigenvalue weighted by Crippen LogP contribution is -2.44. The summed E-state index contributed by atoms with van der Waals surface area (Å²) >= 11 is 1.85. The number of H-pyrrole nitrogens is 2. The molecule has 0 bridgehead atoms. The molecule has 0 saturated heterocycles. The summed E-state index contributed by atoms with van der Waals surface area (Å²) in [6.45, 7) is 4.96. The lowest BCUT2D eigenvalue weighted by atomic mass is 10.2. The van der Waals surface area contributed by atoms with Gasteiger partial charge in [0.05, 0.1) is 24.0 Å². The normalized spacial score (nSPS) is 10.7. The number of nitrogens with one attached hydrogen (secondary N) is 5. The zero-order valence-corrected chi connectivity index (χ0v) is 18.8. The first-order valence-corrected chi connectivity index (χ1v) is 9.47. The molecular formula is C16H30Cl3N7S. The molecule has 0 saturated carbocycles. The first kappa shape index (κ1) is 28.1. The SMILES string of the molecule is CC[C@H](CSCc1nc[nH]c1C)NC(=N)NCCCc1c[nH]cn1.Cl.Cl.Cl. The van der Waals surface area contributed by atoms with E-state index in [0.717, 1.165) is 54.4 Å². The molecule has 0 fully saturated rings. The van der Waals surface area contributed by atoms with E-state index >= 15 is 0 Å². The number of thioether (sulfide) groups is 1. The number of hydrogen-bond donors (Lipinski definition) is 5. The van der Waals surface area contributed by atoms with E-state index < -0.39 is 0 Å². The van der Waals surface area contributed by atoms with E-state index in [4.69, 9.17) is 5.41 Å². The molecule has 2 aromatic heterocycles. The molecule has 2 heterocycles. The van der Waals surface area contributed by atoms with Gasteiger partial charge >= 0.3 is 0 Å². The molecule has 0 aliphatic heterocycles. The number of halogens is 3. The Labute approximate surface area is 183 Å². The van der Waals surface area contributed by atoms with E-state index in [1.54, 1.807) is 12.7 Å². The van der Waals surface area contributed by atoms with Crippen LogP contribution < -0.4 is 10.6 Å². The van der Waals surface area contributed by atoms with Crippen molar-refractivity contribution in [3.63, 3.8) is 0 Å². The summed E-state index contributed by atoms with van der Waals surface area (Å²) in [5.74, 6) is 2.26. The number of aryl methyl sites for hydroxylation is 2.